The molecule has 1 aromatic carbocycles. The lowest BCUT2D eigenvalue weighted by molar-refractivity contribution is -0.135. The zero-order valence-electron chi connectivity index (χ0n) is 15.0. The quantitative estimate of drug-likeness (QED) is 0.785. The topological polar surface area (TPSA) is 56.8 Å². The van der Waals surface area contributed by atoms with Crippen molar-refractivity contribution >= 4 is 17.5 Å². The van der Waals surface area contributed by atoms with Gasteiger partial charge in [-0.1, -0.05) is 23.7 Å². The van der Waals surface area contributed by atoms with E-state index in [9.17, 15) is 4.79 Å². The lowest BCUT2D eigenvalue weighted by Crippen LogP contribution is -2.54. The van der Waals surface area contributed by atoms with Crippen molar-refractivity contribution in [2.24, 2.45) is 5.92 Å². The molecule has 26 heavy (non-hydrogen) atoms. The van der Waals surface area contributed by atoms with E-state index in [1.807, 2.05) is 29.2 Å². The van der Waals surface area contributed by atoms with Crippen LogP contribution in [-0.4, -0.2) is 67.1 Å². The molecular formula is C19H27ClN4O2. The predicted molar refractivity (Wildman–Crippen MR) is 101 cm³/mol. The van der Waals surface area contributed by atoms with Crippen LogP contribution in [0, 0.1) is 5.92 Å². The third-order valence-electron chi connectivity index (χ3n) is 5.61. The smallest absolute Gasteiger partial charge is 0.241 e. The number of carbonyl (C=O) groups is 1. The Morgan fingerprint density at radius 3 is 2.65 bits per heavy atom. The van der Waals surface area contributed by atoms with Crippen LogP contribution in [0.3, 0.4) is 0 Å². The summed E-state index contributed by atoms with van der Waals surface area (Å²) in [5.41, 5.74) is 6.52. The predicted octanol–water partition coefficient (Wildman–Crippen LogP) is 1.51. The molecule has 2 atom stereocenters. The molecule has 0 spiro atoms. The Labute approximate surface area is 159 Å². The van der Waals surface area contributed by atoms with E-state index < -0.39 is 0 Å². The van der Waals surface area contributed by atoms with Gasteiger partial charge in [0.1, 0.15) is 18.4 Å². The van der Waals surface area contributed by atoms with Crippen LogP contribution in [0.1, 0.15) is 19.3 Å². The Hall–Kier alpha value is -1.34. The Bertz CT molecular complexity index is 632. The summed E-state index contributed by atoms with van der Waals surface area (Å²) in [5, 5.41) is 0.644. The van der Waals surface area contributed by atoms with Gasteiger partial charge in [-0.2, -0.15) is 0 Å². The number of ether oxygens (including phenoxy) is 1. The summed E-state index contributed by atoms with van der Waals surface area (Å²) in [7, 11) is 0. The second kappa shape index (κ2) is 8.13. The maximum atomic E-state index is 12.7. The number of halogens is 1. The summed E-state index contributed by atoms with van der Waals surface area (Å²) < 4.78 is 5.76. The molecule has 0 bridgehead atoms. The van der Waals surface area contributed by atoms with E-state index in [0.717, 1.165) is 50.8 Å². The van der Waals surface area contributed by atoms with Gasteiger partial charge in [0.05, 0.1) is 5.02 Å². The second-order valence-electron chi connectivity index (χ2n) is 7.47. The number of benzene rings is 1. The fourth-order valence-electron chi connectivity index (χ4n) is 3.81. The molecule has 3 fully saturated rings. The summed E-state index contributed by atoms with van der Waals surface area (Å²) in [6.07, 6.45) is 3.53. The second-order valence-corrected chi connectivity index (χ2v) is 7.87. The van der Waals surface area contributed by atoms with Gasteiger partial charge in [-0.15, -0.1) is 0 Å². The van der Waals surface area contributed by atoms with Gasteiger partial charge in [-0.25, -0.2) is 5.43 Å². The minimum atomic E-state index is -0.0595. The van der Waals surface area contributed by atoms with Gasteiger partial charge in [-0.05, 0) is 37.3 Å². The summed E-state index contributed by atoms with van der Waals surface area (Å²) in [5.74, 6) is 1.75. The van der Waals surface area contributed by atoms with Crippen LogP contribution >= 0.6 is 11.6 Å². The van der Waals surface area contributed by atoms with E-state index in [4.69, 9.17) is 16.3 Å². The molecule has 2 saturated heterocycles. The van der Waals surface area contributed by atoms with Crippen molar-refractivity contribution in [2.75, 3.05) is 39.3 Å². The van der Waals surface area contributed by atoms with E-state index in [2.05, 4.69) is 15.8 Å². The van der Waals surface area contributed by atoms with Gasteiger partial charge in [0.2, 0.25) is 5.91 Å². The van der Waals surface area contributed by atoms with Gasteiger partial charge < -0.3 is 9.64 Å². The molecule has 2 aliphatic heterocycles. The highest BCUT2D eigenvalue weighted by atomic mass is 35.5. The van der Waals surface area contributed by atoms with Gasteiger partial charge in [0.25, 0.3) is 0 Å². The lowest BCUT2D eigenvalue weighted by Gasteiger charge is -2.35. The number of nitrogens with one attached hydrogen (secondary N) is 2. The van der Waals surface area contributed by atoms with Crippen molar-refractivity contribution < 1.29 is 9.53 Å². The van der Waals surface area contributed by atoms with Crippen molar-refractivity contribution in [3.8, 4) is 5.75 Å². The maximum absolute atomic E-state index is 12.7. The third-order valence-corrected chi connectivity index (χ3v) is 5.92. The van der Waals surface area contributed by atoms with Crippen molar-refractivity contribution in [3.05, 3.63) is 29.3 Å². The molecule has 1 saturated carbocycles. The summed E-state index contributed by atoms with van der Waals surface area (Å²) in [4.78, 5) is 17.0. The number of rotatable bonds is 6. The first-order chi connectivity index (χ1) is 12.7. The van der Waals surface area contributed by atoms with Crippen LogP contribution < -0.4 is 15.6 Å². The van der Waals surface area contributed by atoms with Crippen LogP contribution in [0.15, 0.2) is 24.3 Å². The third kappa shape index (κ3) is 4.31. The van der Waals surface area contributed by atoms with Gasteiger partial charge in [-0.3, -0.25) is 15.1 Å². The van der Waals surface area contributed by atoms with Crippen LogP contribution in [0.2, 0.25) is 5.02 Å². The number of piperazine rings is 1. The van der Waals surface area contributed by atoms with Gasteiger partial charge in [0, 0.05) is 38.8 Å². The zero-order valence-corrected chi connectivity index (χ0v) is 15.8. The van der Waals surface area contributed by atoms with Crippen LogP contribution in [0.4, 0.5) is 0 Å². The first-order valence-electron chi connectivity index (χ1n) is 9.60. The summed E-state index contributed by atoms with van der Waals surface area (Å²) >= 11 is 6.10. The first kappa shape index (κ1) is 18.0. The molecule has 2 unspecified atom stereocenters. The molecule has 3 aliphatic rings. The lowest BCUT2D eigenvalue weighted by atomic mass is 10.1. The Kier molecular flexibility index (Phi) is 5.64. The monoisotopic (exact) mass is 378 g/mol. The number of amides is 1. The molecule has 2 N–H and O–H groups in total. The van der Waals surface area contributed by atoms with Gasteiger partial charge in [0.15, 0.2) is 0 Å². The largest absolute Gasteiger partial charge is 0.491 e. The average molecular weight is 379 g/mol. The van der Waals surface area contributed by atoms with E-state index in [1.165, 1.54) is 12.8 Å². The number of hydrogen-bond donors (Lipinski definition) is 2. The van der Waals surface area contributed by atoms with E-state index in [1.54, 1.807) is 0 Å². The van der Waals surface area contributed by atoms with Crippen LogP contribution in [-0.2, 0) is 4.79 Å². The Morgan fingerprint density at radius 1 is 1.15 bits per heavy atom. The minimum absolute atomic E-state index is 0.0595. The standard InChI is InChI=1S/C19H27ClN4O2/c20-15-3-1-2-4-18(15)26-12-11-23-7-9-24(10-8-23)19(25)17-13-16(21-22-17)14-5-6-14/h1-4,14,16-17,21-22H,5-13H2. The van der Waals surface area contributed by atoms with Crippen molar-refractivity contribution in [2.45, 2.75) is 31.3 Å². The summed E-state index contributed by atoms with van der Waals surface area (Å²) in [6.45, 7) is 4.82. The highest BCUT2D eigenvalue weighted by Crippen LogP contribution is 2.35. The highest BCUT2D eigenvalue weighted by Gasteiger charge is 2.40. The molecule has 6 nitrogen and oxygen atoms in total. The fraction of sp³-hybridized carbons (Fsp3) is 0.632. The van der Waals surface area contributed by atoms with Crippen LogP contribution in [0.5, 0.6) is 5.75 Å². The Balaban J connectivity index is 1.17. The minimum Gasteiger partial charge on any atom is -0.491 e. The molecule has 0 radical (unpaired) electrons. The first-order valence-corrected chi connectivity index (χ1v) is 9.98. The van der Waals surface area contributed by atoms with Crippen molar-refractivity contribution in [3.63, 3.8) is 0 Å². The fourth-order valence-corrected chi connectivity index (χ4v) is 4.00. The average Bonchev–Trinajstić information content (AvgIpc) is 3.40. The molecule has 142 valence electrons. The number of hydrazine groups is 1. The molecule has 1 amide bonds. The normalized spacial score (nSPS) is 26.9. The van der Waals surface area contributed by atoms with Gasteiger partial charge >= 0.3 is 0 Å². The maximum Gasteiger partial charge on any atom is 0.241 e. The molecule has 0 aromatic heterocycles. The SMILES string of the molecule is O=C(C1CC(C2CC2)NN1)N1CCN(CCOc2ccccc2Cl)CC1. The number of carbonyl (C=O) groups excluding carboxylic acids is 1. The summed E-state index contributed by atoms with van der Waals surface area (Å²) in [6, 6.07) is 7.96. The number of hydrogen-bond acceptors (Lipinski definition) is 5. The number of nitrogens with zero attached hydrogens (tertiary/aromatic N) is 2. The van der Waals surface area contributed by atoms with Crippen molar-refractivity contribution in [1.82, 2.24) is 20.7 Å². The molecule has 7 heteroatoms. The van der Waals surface area contributed by atoms with E-state index >= 15 is 0 Å². The highest BCUT2D eigenvalue weighted by molar-refractivity contribution is 6.32. The molecule has 2 heterocycles. The van der Waals surface area contributed by atoms with Crippen molar-refractivity contribution in [1.29, 1.82) is 0 Å². The van der Waals surface area contributed by atoms with E-state index in [-0.39, 0.29) is 11.9 Å². The van der Waals surface area contributed by atoms with Crippen LogP contribution in [0.25, 0.3) is 0 Å². The molecule has 4 rings (SSSR count). The molecule has 1 aliphatic carbocycles. The molecular weight excluding hydrogens is 352 g/mol. The molecule has 1 aromatic rings. The van der Waals surface area contributed by atoms with E-state index in [0.29, 0.717) is 17.7 Å². The zero-order chi connectivity index (χ0) is 17.9. The number of para-hydroxylation sites is 1. The Morgan fingerprint density at radius 2 is 1.92 bits per heavy atom.